The van der Waals surface area contributed by atoms with Crippen LogP contribution in [-0.4, -0.2) is 34.5 Å². The maximum absolute atomic E-state index is 12.6. The monoisotopic (exact) mass is 356 g/mol. The van der Waals surface area contributed by atoms with Crippen molar-refractivity contribution < 1.29 is 13.2 Å². The van der Waals surface area contributed by atoms with Gasteiger partial charge in [-0.1, -0.05) is 6.07 Å². The molecule has 1 aromatic heterocycles. The predicted molar refractivity (Wildman–Crippen MR) is 88.7 cm³/mol. The number of hydrogen-bond acceptors (Lipinski definition) is 6. The zero-order valence-electron chi connectivity index (χ0n) is 12.7. The summed E-state index contributed by atoms with van der Waals surface area (Å²) in [6.07, 6.45) is 1.59. The van der Waals surface area contributed by atoms with Crippen LogP contribution in [0.5, 0.6) is 0 Å². The van der Waals surface area contributed by atoms with E-state index in [1.165, 1.54) is 23.1 Å². The molecule has 0 unspecified atom stereocenters. The average Bonchev–Trinajstić information content (AvgIpc) is 3.22. The van der Waals surface area contributed by atoms with Gasteiger partial charge in [0.05, 0.1) is 22.7 Å². The summed E-state index contributed by atoms with van der Waals surface area (Å²) >= 11 is 0. The molecule has 1 amide bonds. The molecule has 4 rings (SSSR count). The molecule has 126 valence electrons. The molecule has 0 aliphatic carbocycles. The standard InChI is InChI=1S/C15H12N6O3S/c22-15-7-10-6-13(4-5-14(10)17-15)25(23,24)18-11-2-1-3-12(8-11)21-9-16-19-20-21/h1-6,8-9,18H,7H2,(H,17,22). The minimum atomic E-state index is -3.79. The number of benzene rings is 2. The number of carbonyl (C=O) groups is 1. The fourth-order valence-electron chi connectivity index (χ4n) is 2.58. The molecule has 2 heterocycles. The van der Waals surface area contributed by atoms with Gasteiger partial charge in [0, 0.05) is 5.69 Å². The lowest BCUT2D eigenvalue weighted by Crippen LogP contribution is -2.13. The molecule has 9 nitrogen and oxygen atoms in total. The van der Waals surface area contributed by atoms with Crippen LogP contribution in [0.15, 0.2) is 53.7 Å². The molecule has 2 aromatic carbocycles. The number of anilines is 2. The van der Waals surface area contributed by atoms with Gasteiger partial charge in [0.2, 0.25) is 5.91 Å². The van der Waals surface area contributed by atoms with Crippen LogP contribution >= 0.6 is 0 Å². The Morgan fingerprint density at radius 1 is 1.16 bits per heavy atom. The second-order valence-corrected chi connectivity index (χ2v) is 7.14. The third kappa shape index (κ3) is 2.94. The van der Waals surface area contributed by atoms with Crippen LogP contribution in [0.1, 0.15) is 5.56 Å². The number of fused-ring (bicyclic) bond motifs is 1. The quantitative estimate of drug-likeness (QED) is 0.719. The maximum Gasteiger partial charge on any atom is 0.261 e. The average molecular weight is 356 g/mol. The molecule has 0 atom stereocenters. The SMILES string of the molecule is O=C1Cc2cc(S(=O)(=O)Nc3cccc(-n4cnnn4)c3)ccc2N1. The van der Waals surface area contributed by atoms with Gasteiger partial charge in [-0.05, 0) is 52.4 Å². The number of hydrogen-bond donors (Lipinski definition) is 2. The minimum absolute atomic E-state index is 0.0931. The molecule has 1 aliphatic heterocycles. The van der Waals surface area contributed by atoms with Crippen molar-refractivity contribution in [3.8, 4) is 5.69 Å². The molecular weight excluding hydrogens is 344 g/mol. The molecular formula is C15H12N6O3S. The van der Waals surface area contributed by atoms with Crippen molar-refractivity contribution in [2.24, 2.45) is 0 Å². The van der Waals surface area contributed by atoms with Crippen LogP contribution in [0.4, 0.5) is 11.4 Å². The lowest BCUT2D eigenvalue weighted by atomic mass is 10.2. The summed E-state index contributed by atoms with van der Waals surface area (Å²) in [6, 6.07) is 11.2. The summed E-state index contributed by atoms with van der Waals surface area (Å²) in [5, 5.41) is 13.5. The summed E-state index contributed by atoms with van der Waals surface area (Å²) in [4.78, 5) is 11.5. The zero-order valence-corrected chi connectivity index (χ0v) is 13.6. The summed E-state index contributed by atoms with van der Waals surface area (Å²) < 4.78 is 29.2. The minimum Gasteiger partial charge on any atom is -0.326 e. The summed E-state index contributed by atoms with van der Waals surface area (Å²) in [6.45, 7) is 0. The number of amides is 1. The number of sulfonamides is 1. The van der Waals surface area contributed by atoms with Gasteiger partial charge in [0.1, 0.15) is 6.33 Å². The summed E-state index contributed by atoms with van der Waals surface area (Å²) in [5.41, 5.74) is 2.30. The Hall–Kier alpha value is -3.27. The van der Waals surface area contributed by atoms with Gasteiger partial charge >= 0.3 is 0 Å². The largest absolute Gasteiger partial charge is 0.326 e. The van der Waals surface area contributed by atoms with Crippen LogP contribution in [-0.2, 0) is 21.2 Å². The van der Waals surface area contributed by atoms with E-state index in [-0.39, 0.29) is 17.2 Å². The molecule has 0 spiro atoms. The van der Waals surface area contributed by atoms with E-state index in [4.69, 9.17) is 0 Å². The molecule has 0 fully saturated rings. The molecule has 0 saturated heterocycles. The highest BCUT2D eigenvalue weighted by Crippen LogP contribution is 2.27. The van der Waals surface area contributed by atoms with Gasteiger partial charge in [-0.25, -0.2) is 13.1 Å². The zero-order chi connectivity index (χ0) is 17.4. The molecule has 10 heteroatoms. The van der Waals surface area contributed by atoms with Gasteiger partial charge in [-0.3, -0.25) is 9.52 Å². The van der Waals surface area contributed by atoms with E-state index in [0.717, 1.165) is 0 Å². The topological polar surface area (TPSA) is 119 Å². The first-order chi connectivity index (χ1) is 12.0. The van der Waals surface area contributed by atoms with Crippen LogP contribution in [0.25, 0.3) is 5.69 Å². The van der Waals surface area contributed by atoms with Crippen LogP contribution in [0.3, 0.4) is 0 Å². The van der Waals surface area contributed by atoms with Gasteiger partial charge in [0.25, 0.3) is 10.0 Å². The van der Waals surface area contributed by atoms with Crippen molar-refractivity contribution in [1.29, 1.82) is 0 Å². The van der Waals surface area contributed by atoms with Crippen molar-refractivity contribution in [2.45, 2.75) is 11.3 Å². The van der Waals surface area contributed by atoms with Gasteiger partial charge in [0.15, 0.2) is 0 Å². The van der Waals surface area contributed by atoms with Gasteiger partial charge in [-0.2, -0.15) is 0 Å². The molecule has 25 heavy (non-hydrogen) atoms. The molecule has 3 aromatic rings. The summed E-state index contributed by atoms with van der Waals surface area (Å²) in [7, 11) is -3.79. The second kappa shape index (κ2) is 5.67. The van der Waals surface area contributed by atoms with Crippen LogP contribution in [0.2, 0.25) is 0 Å². The Morgan fingerprint density at radius 3 is 2.84 bits per heavy atom. The van der Waals surface area contributed by atoms with Gasteiger partial charge in [-0.15, -0.1) is 5.10 Å². The number of rotatable bonds is 4. The fourth-order valence-corrected chi connectivity index (χ4v) is 3.68. The molecule has 0 saturated carbocycles. The Labute approximate surface area is 142 Å². The number of carbonyl (C=O) groups excluding carboxylic acids is 1. The predicted octanol–water partition coefficient (Wildman–Crippen LogP) is 0.958. The number of nitrogens with zero attached hydrogens (tertiary/aromatic N) is 4. The van der Waals surface area contributed by atoms with Crippen LogP contribution < -0.4 is 10.0 Å². The van der Waals surface area contributed by atoms with Crippen molar-refractivity contribution in [2.75, 3.05) is 10.0 Å². The second-order valence-electron chi connectivity index (χ2n) is 5.45. The fraction of sp³-hybridized carbons (Fsp3) is 0.0667. The van der Waals surface area contributed by atoms with E-state index in [2.05, 4.69) is 25.6 Å². The number of aromatic nitrogens is 4. The Balaban J connectivity index is 1.63. The van der Waals surface area contributed by atoms with Gasteiger partial charge < -0.3 is 5.32 Å². The highest BCUT2D eigenvalue weighted by Gasteiger charge is 2.22. The summed E-state index contributed by atoms with van der Waals surface area (Å²) in [5.74, 6) is -0.147. The Kier molecular flexibility index (Phi) is 3.46. The maximum atomic E-state index is 12.6. The van der Waals surface area contributed by atoms with Crippen LogP contribution in [0, 0.1) is 0 Å². The van der Waals surface area contributed by atoms with Crippen molar-refractivity contribution in [3.63, 3.8) is 0 Å². The van der Waals surface area contributed by atoms with E-state index in [0.29, 0.717) is 22.6 Å². The number of nitrogens with one attached hydrogen (secondary N) is 2. The van der Waals surface area contributed by atoms with E-state index >= 15 is 0 Å². The van der Waals surface area contributed by atoms with E-state index < -0.39 is 10.0 Å². The van der Waals surface area contributed by atoms with Crippen molar-refractivity contribution >= 4 is 27.3 Å². The lowest BCUT2D eigenvalue weighted by Gasteiger charge is -2.10. The first-order valence-electron chi connectivity index (χ1n) is 7.30. The normalized spacial score (nSPS) is 13.4. The molecule has 2 N–H and O–H groups in total. The number of tetrazole rings is 1. The lowest BCUT2D eigenvalue weighted by molar-refractivity contribution is -0.115. The Morgan fingerprint density at radius 2 is 2.04 bits per heavy atom. The first kappa shape index (κ1) is 15.3. The highest BCUT2D eigenvalue weighted by atomic mass is 32.2. The third-order valence-electron chi connectivity index (χ3n) is 3.72. The van der Waals surface area contributed by atoms with E-state index in [9.17, 15) is 13.2 Å². The molecule has 0 radical (unpaired) electrons. The Bertz CT molecular complexity index is 1060. The highest BCUT2D eigenvalue weighted by molar-refractivity contribution is 7.92. The van der Waals surface area contributed by atoms with E-state index in [1.54, 1.807) is 30.3 Å². The smallest absolute Gasteiger partial charge is 0.261 e. The van der Waals surface area contributed by atoms with Crippen molar-refractivity contribution in [1.82, 2.24) is 20.2 Å². The van der Waals surface area contributed by atoms with Crippen molar-refractivity contribution in [3.05, 3.63) is 54.4 Å². The molecule has 0 bridgehead atoms. The first-order valence-corrected chi connectivity index (χ1v) is 8.79. The molecule has 1 aliphatic rings. The van der Waals surface area contributed by atoms with E-state index in [1.807, 2.05) is 0 Å². The third-order valence-corrected chi connectivity index (χ3v) is 5.10.